The summed E-state index contributed by atoms with van der Waals surface area (Å²) < 4.78 is 16.2. The molecule has 140 valence electrons. The number of hydrogen-bond acceptors (Lipinski definition) is 4. The lowest BCUT2D eigenvalue weighted by Crippen LogP contribution is -2.40. The monoisotopic (exact) mass is 394 g/mol. The zero-order valence-electron chi connectivity index (χ0n) is 14.7. The quantitative estimate of drug-likeness (QED) is 0.702. The van der Waals surface area contributed by atoms with Crippen molar-refractivity contribution in [2.24, 2.45) is 5.92 Å². The predicted octanol–water partition coefficient (Wildman–Crippen LogP) is 4.34. The van der Waals surface area contributed by atoms with Gasteiger partial charge in [-0.05, 0) is 23.8 Å². The van der Waals surface area contributed by atoms with E-state index < -0.39 is 12.0 Å². The first kappa shape index (κ1) is 17.1. The van der Waals surface area contributed by atoms with E-state index in [0.29, 0.717) is 23.0 Å². The van der Waals surface area contributed by atoms with Crippen molar-refractivity contribution in [2.45, 2.75) is 18.4 Å². The van der Waals surface area contributed by atoms with Crippen molar-refractivity contribution in [3.63, 3.8) is 0 Å². The lowest BCUT2D eigenvalue weighted by molar-refractivity contribution is -0.123. The summed E-state index contributed by atoms with van der Waals surface area (Å²) in [7, 11) is 0. The summed E-state index contributed by atoms with van der Waals surface area (Å²) in [4.78, 5) is 17.5. The largest absolute Gasteiger partial charge is 0.328 e. The van der Waals surface area contributed by atoms with E-state index in [1.54, 1.807) is 28.9 Å². The van der Waals surface area contributed by atoms with E-state index in [1.165, 1.54) is 12.4 Å². The third kappa shape index (κ3) is 2.72. The van der Waals surface area contributed by atoms with Gasteiger partial charge in [0.1, 0.15) is 17.9 Å². The zero-order chi connectivity index (χ0) is 19.3. The molecule has 3 unspecified atom stereocenters. The Morgan fingerprint density at radius 1 is 1.18 bits per heavy atom. The van der Waals surface area contributed by atoms with Gasteiger partial charge in [-0.25, -0.2) is 9.07 Å². The molecular formula is C21H16ClFN4O. The summed E-state index contributed by atoms with van der Waals surface area (Å²) in [6.07, 6.45) is 3.77. The molecule has 1 aliphatic carbocycles. The van der Waals surface area contributed by atoms with Crippen LogP contribution in [0.4, 0.5) is 10.3 Å². The van der Waals surface area contributed by atoms with Crippen LogP contribution in [0.25, 0.3) is 0 Å². The predicted molar refractivity (Wildman–Crippen MR) is 104 cm³/mol. The number of fused-ring (bicyclic) bond motifs is 2. The summed E-state index contributed by atoms with van der Waals surface area (Å²) in [5.74, 6) is -0.470. The number of nitrogens with one attached hydrogen (secondary N) is 1. The molecule has 2 aromatic carbocycles. The number of ketones is 1. The first-order chi connectivity index (χ1) is 13.6. The third-order valence-electron chi connectivity index (χ3n) is 5.39. The van der Waals surface area contributed by atoms with Crippen molar-refractivity contribution in [1.82, 2.24) is 14.8 Å². The molecule has 3 atom stereocenters. The number of nitrogens with zero attached hydrogens (tertiary/aromatic N) is 3. The standard InChI is InChI=1S/C21H16ClFN4O/c22-14-5-3-4-12(8-14)13-9-17-19(18(28)10-13)20(15-6-1-2-7-16(15)23)27-21(26-17)24-11-25-27/h1-9,11,13,19-20H,10H2,(H,24,25,26). The summed E-state index contributed by atoms with van der Waals surface area (Å²) in [5, 5.41) is 8.10. The van der Waals surface area contributed by atoms with Crippen molar-refractivity contribution in [1.29, 1.82) is 0 Å². The summed E-state index contributed by atoms with van der Waals surface area (Å²) in [5.41, 5.74) is 2.14. The molecule has 0 radical (unpaired) electrons. The van der Waals surface area contributed by atoms with Crippen molar-refractivity contribution >= 4 is 23.3 Å². The van der Waals surface area contributed by atoms with Crippen molar-refractivity contribution in [2.75, 3.05) is 5.32 Å². The topological polar surface area (TPSA) is 59.8 Å². The van der Waals surface area contributed by atoms with Crippen LogP contribution >= 0.6 is 11.6 Å². The van der Waals surface area contributed by atoms with Crippen molar-refractivity contribution in [3.05, 3.63) is 88.6 Å². The van der Waals surface area contributed by atoms with Crippen LogP contribution in [0.3, 0.4) is 0 Å². The van der Waals surface area contributed by atoms with E-state index in [1.807, 2.05) is 24.3 Å². The first-order valence-corrected chi connectivity index (χ1v) is 9.40. The van der Waals surface area contributed by atoms with Gasteiger partial charge in [-0.2, -0.15) is 10.1 Å². The molecule has 0 saturated carbocycles. The Morgan fingerprint density at radius 2 is 2.04 bits per heavy atom. The minimum atomic E-state index is -0.570. The normalized spacial score (nSPS) is 23.4. The Morgan fingerprint density at radius 3 is 2.86 bits per heavy atom. The Bertz CT molecular complexity index is 1110. The Kier molecular flexibility index (Phi) is 4.02. The van der Waals surface area contributed by atoms with Gasteiger partial charge in [0.15, 0.2) is 0 Å². The number of aromatic nitrogens is 3. The number of halogens is 2. The van der Waals surface area contributed by atoms with Gasteiger partial charge < -0.3 is 5.32 Å². The van der Waals surface area contributed by atoms with E-state index in [2.05, 4.69) is 15.4 Å². The molecule has 5 rings (SSSR count). The number of carbonyl (C=O) groups excluding carboxylic acids is 1. The van der Waals surface area contributed by atoms with E-state index in [9.17, 15) is 9.18 Å². The van der Waals surface area contributed by atoms with Gasteiger partial charge in [0.25, 0.3) is 0 Å². The number of carbonyl (C=O) groups is 1. The molecule has 1 aromatic heterocycles. The molecule has 3 aromatic rings. The lowest BCUT2D eigenvalue weighted by Gasteiger charge is -2.38. The maximum absolute atomic E-state index is 14.6. The highest BCUT2D eigenvalue weighted by Gasteiger charge is 2.43. The fourth-order valence-corrected chi connectivity index (χ4v) is 4.35. The average molecular weight is 395 g/mol. The molecule has 28 heavy (non-hydrogen) atoms. The molecule has 2 heterocycles. The Balaban J connectivity index is 1.64. The van der Waals surface area contributed by atoms with Crippen LogP contribution in [0.1, 0.15) is 29.5 Å². The second-order valence-electron chi connectivity index (χ2n) is 7.05. The van der Waals surface area contributed by atoms with Crippen LogP contribution in [-0.2, 0) is 4.79 Å². The molecule has 1 aliphatic heterocycles. The number of allylic oxidation sites excluding steroid dienone is 2. The smallest absolute Gasteiger partial charge is 0.226 e. The van der Waals surface area contributed by atoms with Gasteiger partial charge in [-0.15, -0.1) is 0 Å². The van der Waals surface area contributed by atoms with Gasteiger partial charge in [-0.3, -0.25) is 4.79 Å². The number of hydrogen-bond donors (Lipinski definition) is 1. The molecule has 0 saturated heterocycles. The fraction of sp³-hybridized carbons (Fsp3) is 0.190. The fourth-order valence-electron chi connectivity index (χ4n) is 4.15. The maximum atomic E-state index is 14.6. The van der Waals surface area contributed by atoms with Crippen molar-refractivity contribution < 1.29 is 9.18 Å². The van der Waals surface area contributed by atoms with Crippen molar-refractivity contribution in [3.8, 4) is 0 Å². The molecule has 7 heteroatoms. The van der Waals surface area contributed by atoms with Gasteiger partial charge in [0.2, 0.25) is 5.95 Å². The lowest BCUT2D eigenvalue weighted by atomic mass is 9.75. The highest BCUT2D eigenvalue weighted by atomic mass is 35.5. The Hall–Kier alpha value is -2.99. The third-order valence-corrected chi connectivity index (χ3v) is 5.63. The van der Waals surface area contributed by atoms with E-state index in [4.69, 9.17) is 11.6 Å². The number of rotatable bonds is 2. The van der Waals surface area contributed by atoms with Gasteiger partial charge in [-0.1, -0.05) is 48.0 Å². The SMILES string of the molecule is O=C1CC(c2cccc(Cl)c2)C=C2Nc3ncnn3C(c3ccccc3F)C12. The summed E-state index contributed by atoms with van der Waals surface area (Å²) >= 11 is 6.13. The van der Waals surface area contributed by atoms with Crippen LogP contribution in [0.5, 0.6) is 0 Å². The van der Waals surface area contributed by atoms with Gasteiger partial charge in [0.05, 0.1) is 12.0 Å². The minimum absolute atomic E-state index is 0.0318. The second-order valence-corrected chi connectivity index (χ2v) is 7.49. The summed E-state index contributed by atoms with van der Waals surface area (Å²) in [6, 6.07) is 13.4. The summed E-state index contributed by atoms with van der Waals surface area (Å²) in [6.45, 7) is 0. The Labute approximate surface area is 165 Å². The molecule has 1 N–H and O–H groups in total. The molecule has 0 spiro atoms. The highest BCUT2D eigenvalue weighted by Crippen LogP contribution is 2.44. The van der Waals surface area contributed by atoms with E-state index >= 15 is 0 Å². The first-order valence-electron chi connectivity index (χ1n) is 9.02. The van der Waals surface area contributed by atoms with E-state index in [0.717, 1.165) is 11.3 Å². The molecule has 0 fully saturated rings. The van der Waals surface area contributed by atoms with E-state index in [-0.39, 0.29) is 17.5 Å². The van der Waals surface area contributed by atoms with Crippen LogP contribution in [0.15, 0.2) is 66.6 Å². The van der Waals surface area contributed by atoms with Gasteiger partial charge in [0, 0.05) is 28.6 Å². The number of anilines is 1. The highest BCUT2D eigenvalue weighted by molar-refractivity contribution is 6.30. The van der Waals surface area contributed by atoms with Gasteiger partial charge >= 0.3 is 0 Å². The molecule has 0 bridgehead atoms. The van der Waals surface area contributed by atoms with Crippen LogP contribution in [0.2, 0.25) is 5.02 Å². The minimum Gasteiger partial charge on any atom is -0.328 e. The van der Waals surface area contributed by atoms with Crippen LogP contribution in [0, 0.1) is 11.7 Å². The van der Waals surface area contributed by atoms with Crippen LogP contribution in [-0.4, -0.2) is 20.5 Å². The second kappa shape index (κ2) is 6.56. The van der Waals surface area contributed by atoms with Crippen LogP contribution < -0.4 is 5.32 Å². The molecule has 0 amide bonds. The number of Topliss-reactive ketones (excluding diaryl/α,β-unsaturated/α-hetero) is 1. The molecule has 5 nitrogen and oxygen atoms in total. The molecule has 2 aliphatic rings. The average Bonchev–Trinajstić information content (AvgIpc) is 3.15. The molecular weight excluding hydrogens is 379 g/mol. The zero-order valence-corrected chi connectivity index (χ0v) is 15.5. The maximum Gasteiger partial charge on any atom is 0.226 e. The number of benzene rings is 2.